The fourth-order valence-corrected chi connectivity index (χ4v) is 3.76. The molecular formula is C18H16ClN3O3S. The molecule has 0 spiro atoms. The third kappa shape index (κ3) is 3.49. The van der Waals surface area contributed by atoms with Gasteiger partial charge in [-0.3, -0.25) is 4.79 Å². The van der Waals surface area contributed by atoms with Crippen molar-refractivity contribution in [2.24, 2.45) is 0 Å². The van der Waals surface area contributed by atoms with E-state index >= 15 is 0 Å². The van der Waals surface area contributed by atoms with Crippen LogP contribution in [0.4, 0.5) is 11.4 Å². The maximum Gasteiger partial charge on any atom is 0.337 e. The van der Waals surface area contributed by atoms with Crippen molar-refractivity contribution in [2.45, 2.75) is 19.8 Å². The minimum Gasteiger partial charge on any atom is -0.478 e. The smallest absolute Gasteiger partial charge is 0.337 e. The Kier molecular flexibility index (Phi) is 5.11. The lowest BCUT2D eigenvalue weighted by molar-refractivity contribution is 0.0696. The number of nitrogens with two attached hydrogens (primary N) is 1. The number of carboxylic acid groups (broad SMARTS) is 1. The van der Waals surface area contributed by atoms with Gasteiger partial charge in [0.05, 0.1) is 16.3 Å². The van der Waals surface area contributed by atoms with Gasteiger partial charge in [-0.05, 0) is 36.8 Å². The van der Waals surface area contributed by atoms with E-state index in [1.165, 1.54) is 29.5 Å². The number of carbonyl (C=O) groups is 2. The molecule has 3 aromatic rings. The van der Waals surface area contributed by atoms with Crippen molar-refractivity contribution in [3.05, 3.63) is 51.5 Å². The lowest BCUT2D eigenvalue weighted by atomic mass is 10.2. The number of amides is 1. The summed E-state index contributed by atoms with van der Waals surface area (Å²) in [6.07, 6.45) is 1.84. The van der Waals surface area contributed by atoms with Crippen LogP contribution < -0.4 is 11.1 Å². The topological polar surface area (TPSA) is 105 Å². The van der Waals surface area contributed by atoms with Gasteiger partial charge in [-0.15, -0.1) is 11.3 Å². The molecule has 0 unspecified atom stereocenters. The Bertz CT molecular complexity index is 1020. The first-order valence-corrected chi connectivity index (χ1v) is 9.12. The quantitative estimate of drug-likeness (QED) is 0.598. The zero-order valence-corrected chi connectivity index (χ0v) is 15.4. The van der Waals surface area contributed by atoms with Crippen LogP contribution in [0.3, 0.4) is 0 Å². The van der Waals surface area contributed by atoms with Crippen molar-refractivity contribution in [2.75, 3.05) is 11.1 Å². The number of thiophene rings is 1. The van der Waals surface area contributed by atoms with E-state index in [1.807, 2.05) is 12.1 Å². The van der Waals surface area contributed by atoms with Crippen LogP contribution in [0.1, 0.15) is 39.1 Å². The van der Waals surface area contributed by atoms with E-state index in [1.54, 1.807) is 0 Å². The molecular weight excluding hydrogens is 374 g/mol. The summed E-state index contributed by atoms with van der Waals surface area (Å²) in [5.41, 5.74) is 7.68. The lowest BCUT2D eigenvalue weighted by Crippen LogP contribution is -2.12. The molecule has 6 nitrogen and oxygen atoms in total. The van der Waals surface area contributed by atoms with Gasteiger partial charge in [0.2, 0.25) is 0 Å². The molecule has 8 heteroatoms. The van der Waals surface area contributed by atoms with Gasteiger partial charge in [0.15, 0.2) is 0 Å². The van der Waals surface area contributed by atoms with Crippen LogP contribution in [-0.4, -0.2) is 22.0 Å². The molecule has 2 aromatic heterocycles. The number of nitrogens with one attached hydrogen (secondary N) is 1. The lowest BCUT2D eigenvalue weighted by Gasteiger charge is -2.06. The highest BCUT2D eigenvalue weighted by Gasteiger charge is 2.18. The van der Waals surface area contributed by atoms with Gasteiger partial charge in [-0.2, -0.15) is 0 Å². The number of nitrogens with zero attached hydrogens (tertiary/aromatic N) is 1. The first kappa shape index (κ1) is 18.2. The zero-order valence-electron chi connectivity index (χ0n) is 13.9. The molecule has 0 aliphatic carbocycles. The second-order valence-corrected chi connectivity index (χ2v) is 7.11. The number of nitrogen functional groups attached to an aromatic ring is 1. The zero-order chi connectivity index (χ0) is 18.8. The van der Waals surface area contributed by atoms with Crippen molar-refractivity contribution in [3.63, 3.8) is 0 Å². The minimum atomic E-state index is -1.17. The maximum absolute atomic E-state index is 12.6. The molecule has 1 amide bonds. The highest BCUT2D eigenvalue weighted by atomic mass is 35.5. The van der Waals surface area contributed by atoms with Gasteiger partial charge >= 0.3 is 5.97 Å². The van der Waals surface area contributed by atoms with Crippen molar-refractivity contribution < 1.29 is 14.7 Å². The Morgan fingerprint density at radius 1 is 1.31 bits per heavy atom. The van der Waals surface area contributed by atoms with E-state index in [2.05, 4.69) is 17.2 Å². The van der Waals surface area contributed by atoms with Gasteiger partial charge in [0.1, 0.15) is 9.71 Å². The SMILES string of the molecule is CCCc1ccc2c(N)c(C(=O)Nc3ccc(Cl)c(C(=O)O)c3)sc2n1. The van der Waals surface area contributed by atoms with Gasteiger partial charge < -0.3 is 16.2 Å². The van der Waals surface area contributed by atoms with E-state index in [4.69, 9.17) is 22.4 Å². The summed E-state index contributed by atoms with van der Waals surface area (Å²) in [6, 6.07) is 8.06. The van der Waals surface area contributed by atoms with E-state index in [0.29, 0.717) is 21.1 Å². The first-order chi connectivity index (χ1) is 12.4. The number of aromatic nitrogens is 1. The molecule has 0 saturated heterocycles. The predicted molar refractivity (Wildman–Crippen MR) is 104 cm³/mol. The van der Waals surface area contributed by atoms with Gasteiger partial charge in [0, 0.05) is 16.8 Å². The summed E-state index contributed by atoms with van der Waals surface area (Å²) in [4.78, 5) is 29.4. The first-order valence-electron chi connectivity index (χ1n) is 7.92. The molecule has 26 heavy (non-hydrogen) atoms. The number of hydrogen-bond acceptors (Lipinski definition) is 5. The standard InChI is InChI=1S/C18H16ClN3O3S/c1-2-3-9-4-6-11-14(20)15(26-17(11)22-9)16(23)21-10-5-7-13(19)12(8-10)18(24)25/h4-8H,2-3,20H2,1H3,(H,21,23)(H,24,25). The number of fused-ring (bicyclic) bond motifs is 1. The van der Waals surface area contributed by atoms with E-state index < -0.39 is 11.9 Å². The summed E-state index contributed by atoms with van der Waals surface area (Å²) < 4.78 is 0. The van der Waals surface area contributed by atoms with Crippen LogP contribution in [0.25, 0.3) is 10.2 Å². The molecule has 0 bridgehead atoms. The normalized spacial score (nSPS) is 10.8. The van der Waals surface area contributed by atoms with Crippen LogP contribution in [-0.2, 0) is 6.42 Å². The van der Waals surface area contributed by atoms with Crippen molar-refractivity contribution >= 4 is 56.4 Å². The van der Waals surface area contributed by atoms with Gasteiger partial charge in [0.25, 0.3) is 5.91 Å². The molecule has 4 N–H and O–H groups in total. The Labute approximate surface area is 158 Å². The number of rotatable bonds is 5. The van der Waals surface area contributed by atoms with E-state index in [0.717, 1.165) is 23.9 Å². The molecule has 3 rings (SSSR count). The largest absolute Gasteiger partial charge is 0.478 e. The highest BCUT2D eigenvalue weighted by Crippen LogP contribution is 2.33. The summed E-state index contributed by atoms with van der Waals surface area (Å²) in [5.74, 6) is -1.58. The monoisotopic (exact) mass is 389 g/mol. The second-order valence-electron chi connectivity index (χ2n) is 5.70. The third-order valence-corrected chi connectivity index (χ3v) is 5.26. The fraction of sp³-hybridized carbons (Fsp3) is 0.167. The maximum atomic E-state index is 12.6. The molecule has 0 saturated carbocycles. The predicted octanol–water partition coefficient (Wildman–Crippen LogP) is 4.43. The molecule has 0 radical (unpaired) electrons. The highest BCUT2D eigenvalue weighted by molar-refractivity contribution is 7.21. The number of benzene rings is 1. The Balaban J connectivity index is 1.91. The molecule has 0 fully saturated rings. The van der Waals surface area contributed by atoms with Crippen LogP contribution in [0.15, 0.2) is 30.3 Å². The summed E-state index contributed by atoms with van der Waals surface area (Å²) in [5, 5.41) is 12.6. The van der Waals surface area contributed by atoms with Crippen LogP contribution >= 0.6 is 22.9 Å². The third-order valence-electron chi connectivity index (χ3n) is 3.82. The van der Waals surface area contributed by atoms with Gasteiger partial charge in [-0.25, -0.2) is 9.78 Å². The number of carbonyl (C=O) groups excluding carboxylic acids is 1. The number of halogens is 1. The van der Waals surface area contributed by atoms with Crippen LogP contribution in [0.2, 0.25) is 5.02 Å². The second kappa shape index (κ2) is 7.31. The number of anilines is 2. The minimum absolute atomic E-state index is 0.0837. The fourth-order valence-electron chi connectivity index (χ4n) is 2.55. The Hall–Kier alpha value is -2.64. The number of pyridine rings is 1. The summed E-state index contributed by atoms with van der Waals surface area (Å²) >= 11 is 7.06. The molecule has 1 aromatic carbocycles. The van der Waals surface area contributed by atoms with Crippen molar-refractivity contribution in [1.82, 2.24) is 4.98 Å². The van der Waals surface area contributed by atoms with Crippen LogP contribution in [0.5, 0.6) is 0 Å². The Morgan fingerprint density at radius 3 is 2.77 bits per heavy atom. The molecule has 0 aliphatic rings. The number of aromatic carboxylic acids is 1. The molecule has 2 heterocycles. The van der Waals surface area contributed by atoms with Gasteiger partial charge in [-0.1, -0.05) is 24.9 Å². The summed E-state index contributed by atoms with van der Waals surface area (Å²) in [6.45, 7) is 2.07. The van der Waals surface area contributed by atoms with E-state index in [-0.39, 0.29) is 10.6 Å². The van der Waals surface area contributed by atoms with Crippen molar-refractivity contribution in [1.29, 1.82) is 0 Å². The molecule has 134 valence electrons. The summed E-state index contributed by atoms with van der Waals surface area (Å²) in [7, 11) is 0. The van der Waals surface area contributed by atoms with Crippen molar-refractivity contribution in [3.8, 4) is 0 Å². The molecule has 0 atom stereocenters. The number of carboxylic acids is 1. The number of hydrogen-bond donors (Lipinski definition) is 3. The van der Waals surface area contributed by atoms with E-state index in [9.17, 15) is 9.59 Å². The molecule has 0 aliphatic heterocycles. The number of aryl methyl sites for hydroxylation is 1. The van der Waals surface area contributed by atoms with Crippen LogP contribution in [0, 0.1) is 0 Å². The average Bonchev–Trinajstić information content (AvgIpc) is 2.93. The Morgan fingerprint density at radius 2 is 2.08 bits per heavy atom. The average molecular weight is 390 g/mol.